The highest BCUT2D eigenvalue weighted by Gasteiger charge is 2.44. The van der Waals surface area contributed by atoms with E-state index in [0.717, 1.165) is 5.56 Å². The van der Waals surface area contributed by atoms with Gasteiger partial charge in [-0.1, -0.05) is 11.6 Å². The van der Waals surface area contributed by atoms with E-state index in [1.165, 1.54) is 0 Å². The second-order valence-corrected chi connectivity index (χ2v) is 8.95. The van der Waals surface area contributed by atoms with Crippen molar-refractivity contribution in [1.29, 1.82) is 0 Å². The summed E-state index contributed by atoms with van der Waals surface area (Å²) < 4.78 is 6.31. The number of carbonyl (C=O) groups excluding carboxylic acids is 3. The fraction of sp³-hybridized carbons (Fsp3) is 0.609. The fourth-order valence-electron chi connectivity index (χ4n) is 4.83. The molecule has 0 saturated carbocycles. The van der Waals surface area contributed by atoms with Crippen molar-refractivity contribution in [3.05, 3.63) is 29.3 Å². The third-order valence-corrected chi connectivity index (χ3v) is 6.77. The monoisotopic (exact) mass is 414 g/mol. The van der Waals surface area contributed by atoms with E-state index < -0.39 is 11.6 Å². The smallest absolute Gasteiger partial charge is 0.245 e. The van der Waals surface area contributed by atoms with Gasteiger partial charge in [-0.15, -0.1) is 0 Å². The van der Waals surface area contributed by atoms with Crippen LogP contribution in [0.2, 0.25) is 0 Å². The number of nitrogens with zero attached hydrogens (tertiary/aromatic N) is 2. The van der Waals surface area contributed by atoms with Crippen LogP contribution < -0.4 is 4.74 Å². The Bertz CT molecular complexity index is 861. The number of ether oxygens (including phenoxy) is 1. The Morgan fingerprint density at radius 1 is 1.20 bits per heavy atom. The molecule has 4 rings (SSSR count). The van der Waals surface area contributed by atoms with E-state index in [2.05, 4.69) is 0 Å². The number of aryl methyl sites for hydroxylation is 1. The zero-order valence-corrected chi connectivity index (χ0v) is 17.7. The van der Waals surface area contributed by atoms with Gasteiger partial charge in [0.15, 0.2) is 5.78 Å². The first kappa shape index (κ1) is 20.8. The fourth-order valence-corrected chi connectivity index (χ4v) is 4.83. The lowest BCUT2D eigenvalue weighted by atomic mass is 9.84. The maximum absolute atomic E-state index is 12.9. The first-order valence-corrected chi connectivity index (χ1v) is 10.9. The molecule has 2 amide bonds. The summed E-state index contributed by atoms with van der Waals surface area (Å²) in [6, 6.07) is 5.06. The van der Waals surface area contributed by atoms with Gasteiger partial charge in [-0.2, -0.15) is 0 Å². The van der Waals surface area contributed by atoms with Crippen molar-refractivity contribution in [3.63, 3.8) is 0 Å². The largest absolute Gasteiger partial charge is 0.486 e. The third-order valence-electron chi connectivity index (χ3n) is 6.77. The predicted octanol–water partition coefficient (Wildman–Crippen LogP) is 2.08. The van der Waals surface area contributed by atoms with Crippen LogP contribution in [0, 0.1) is 6.92 Å². The summed E-state index contributed by atoms with van der Waals surface area (Å²) in [5, 5.41) is 9.68. The maximum Gasteiger partial charge on any atom is 0.245 e. The first-order valence-electron chi connectivity index (χ1n) is 10.9. The lowest BCUT2D eigenvalue weighted by Gasteiger charge is -2.38. The number of ketones is 1. The molecule has 0 bridgehead atoms. The summed E-state index contributed by atoms with van der Waals surface area (Å²) in [6.07, 6.45) is 2.31. The summed E-state index contributed by atoms with van der Waals surface area (Å²) in [5.74, 6) is 0.494. The van der Waals surface area contributed by atoms with Crippen LogP contribution in [-0.2, 0) is 9.59 Å². The van der Waals surface area contributed by atoms with Crippen molar-refractivity contribution in [1.82, 2.24) is 9.80 Å². The number of rotatable bonds is 2. The van der Waals surface area contributed by atoms with Crippen molar-refractivity contribution < 1.29 is 24.2 Å². The van der Waals surface area contributed by atoms with E-state index in [-0.39, 0.29) is 36.5 Å². The predicted molar refractivity (Wildman–Crippen MR) is 110 cm³/mol. The molecule has 1 spiro atoms. The van der Waals surface area contributed by atoms with Crippen LogP contribution in [0.15, 0.2) is 18.2 Å². The van der Waals surface area contributed by atoms with Gasteiger partial charge in [-0.05, 0) is 45.2 Å². The summed E-state index contributed by atoms with van der Waals surface area (Å²) >= 11 is 0. The van der Waals surface area contributed by atoms with Gasteiger partial charge in [0.2, 0.25) is 11.8 Å². The van der Waals surface area contributed by atoms with Gasteiger partial charge in [-0.3, -0.25) is 14.4 Å². The molecule has 0 aliphatic carbocycles. The number of aliphatic hydroxyl groups is 1. The molecular formula is C23H30N2O5. The van der Waals surface area contributed by atoms with Crippen molar-refractivity contribution >= 4 is 17.6 Å². The lowest BCUT2D eigenvalue weighted by molar-refractivity contribution is -0.146. The van der Waals surface area contributed by atoms with E-state index in [1.54, 1.807) is 16.7 Å². The van der Waals surface area contributed by atoms with Gasteiger partial charge in [0, 0.05) is 32.5 Å². The maximum atomic E-state index is 12.9. The Hall–Kier alpha value is -2.41. The molecule has 1 aromatic rings. The molecule has 0 aromatic heterocycles. The van der Waals surface area contributed by atoms with Crippen LogP contribution in [0.3, 0.4) is 0 Å². The number of carbonyl (C=O) groups is 3. The van der Waals surface area contributed by atoms with E-state index in [1.807, 2.05) is 25.1 Å². The Labute approximate surface area is 177 Å². The lowest BCUT2D eigenvalue weighted by Crippen LogP contribution is -2.52. The topological polar surface area (TPSA) is 87.2 Å². The number of fused-ring (bicyclic) bond motifs is 1. The molecule has 2 saturated heterocycles. The molecule has 0 unspecified atom stereocenters. The molecule has 3 aliphatic rings. The average Bonchev–Trinajstić information content (AvgIpc) is 2.87. The Balaban J connectivity index is 1.47. The van der Waals surface area contributed by atoms with Gasteiger partial charge in [0.1, 0.15) is 17.4 Å². The number of aliphatic hydroxyl groups excluding tert-OH is 1. The van der Waals surface area contributed by atoms with Crippen molar-refractivity contribution in [2.75, 3.05) is 19.6 Å². The minimum Gasteiger partial charge on any atom is -0.486 e. The minimum atomic E-state index is -0.693. The van der Waals surface area contributed by atoms with Crippen LogP contribution in [-0.4, -0.2) is 69.9 Å². The number of hydrogen-bond donors (Lipinski definition) is 1. The molecule has 3 aliphatic heterocycles. The zero-order chi connectivity index (χ0) is 21.5. The van der Waals surface area contributed by atoms with Crippen LogP contribution in [0.5, 0.6) is 5.75 Å². The molecule has 0 radical (unpaired) electrons. The molecule has 30 heavy (non-hydrogen) atoms. The summed E-state index contributed by atoms with van der Waals surface area (Å²) in [4.78, 5) is 42.0. The van der Waals surface area contributed by atoms with Gasteiger partial charge in [-0.25, -0.2) is 0 Å². The van der Waals surface area contributed by atoms with Crippen molar-refractivity contribution in [3.8, 4) is 5.75 Å². The summed E-state index contributed by atoms with van der Waals surface area (Å²) in [7, 11) is 0. The zero-order valence-electron chi connectivity index (χ0n) is 17.7. The van der Waals surface area contributed by atoms with Crippen LogP contribution in [0.1, 0.15) is 61.4 Å². The number of benzene rings is 1. The Morgan fingerprint density at radius 3 is 2.67 bits per heavy atom. The summed E-state index contributed by atoms with van der Waals surface area (Å²) in [5.41, 5.74) is 0.937. The third kappa shape index (κ3) is 3.95. The summed E-state index contributed by atoms with van der Waals surface area (Å²) in [6.45, 7) is 5.14. The number of Topliss-reactive ketones (excluding diaryl/α,β-unsaturated/α-hetero) is 1. The second-order valence-electron chi connectivity index (χ2n) is 8.95. The highest BCUT2D eigenvalue weighted by Crippen LogP contribution is 2.40. The molecule has 2 atom stereocenters. The van der Waals surface area contributed by atoms with E-state index in [0.29, 0.717) is 56.6 Å². The van der Waals surface area contributed by atoms with E-state index in [9.17, 15) is 19.5 Å². The molecule has 7 heteroatoms. The van der Waals surface area contributed by atoms with Crippen LogP contribution in [0.25, 0.3) is 0 Å². The highest BCUT2D eigenvalue weighted by atomic mass is 16.5. The van der Waals surface area contributed by atoms with Gasteiger partial charge in [0.25, 0.3) is 0 Å². The molecule has 1 aromatic carbocycles. The van der Waals surface area contributed by atoms with Gasteiger partial charge >= 0.3 is 0 Å². The minimum absolute atomic E-state index is 0.0526. The Morgan fingerprint density at radius 2 is 1.93 bits per heavy atom. The first-order chi connectivity index (χ1) is 14.3. The van der Waals surface area contributed by atoms with Crippen molar-refractivity contribution in [2.45, 2.75) is 70.1 Å². The molecular weight excluding hydrogens is 384 g/mol. The molecule has 3 heterocycles. The van der Waals surface area contributed by atoms with Gasteiger partial charge < -0.3 is 19.6 Å². The van der Waals surface area contributed by atoms with E-state index >= 15 is 0 Å². The Kier molecular flexibility index (Phi) is 5.57. The molecule has 2 fully saturated rings. The normalized spacial score (nSPS) is 26.2. The second kappa shape index (κ2) is 8.02. The van der Waals surface area contributed by atoms with Gasteiger partial charge in [0.05, 0.1) is 18.1 Å². The highest BCUT2D eigenvalue weighted by molar-refractivity contribution is 6.00. The standard InChI is InChI=1S/C23H30N2O5/c1-15-3-4-20-18(13-15)19(27)14-23(30-20)8-5-21(28)25(12-9-23)16(2)22(29)24-10-6-17(26)7-11-24/h3-4,13,16-17,26H,5-12,14H2,1-2H3/t16-,23-/m1/s1. The van der Waals surface area contributed by atoms with Crippen molar-refractivity contribution in [2.24, 2.45) is 0 Å². The molecule has 1 N–H and O–H groups in total. The van der Waals surface area contributed by atoms with E-state index in [4.69, 9.17) is 4.74 Å². The number of likely N-dealkylation sites (tertiary alicyclic amines) is 2. The van der Waals surface area contributed by atoms with Crippen LogP contribution in [0.4, 0.5) is 0 Å². The molecule has 162 valence electrons. The quantitative estimate of drug-likeness (QED) is 0.801. The number of piperidine rings is 1. The SMILES string of the molecule is Cc1ccc2c(c1)C(=O)C[C@]1(CCC(=O)N([C@H](C)C(=O)N3CCC(O)CC3)CC1)O2. The number of hydrogen-bond acceptors (Lipinski definition) is 5. The average molecular weight is 415 g/mol. The van der Waals surface area contributed by atoms with Crippen LogP contribution >= 0.6 is 0 Å². The number of amides is 2. The molecule has 7 nitrogen and oxygen atoms in total.